The molecule has 0 radical (unpaired) electrons. The van der Waals surface area contributed by atoms with Crippen molar-refractivity contribution in [1.82, 2.24) is 5.32 Å². The normalized spacial score (nSPS) is 11.8. The van der Waals surface area contributed by atoms with E-state index < -0.39 is 0 Å². The topological polar surface area (TPSA) is 38.3 Å². The minimum atomic E-state index is -0.311. The molecule has 4 heteroatoms. The molecule has 0 bridgehead atoms. The number of aryl methyl sites for hydroxylation is 1. The van der Waals surface area contributed by atoms with Gasteiger partial charge in [0.2, 0.25) is 0 Å². The molecule has 1 N–H and O–H groups in total. The zero-order valence-corrected chi connectivity index (χ0v) is 13.0. The minimum Gasteiger partial charge on any atom is -0.494 e. The van der Waals surface area contributed by atoms with Gasteiger partial charge < -0.3 is 10.1 Å². The van der Waals surface area contributed by atoms with E-state index in [1.54, 1.807) is 13.0 Å². The Morgan fingerprint density at radius 2 is 2.05 bits per heavy atom. The predicted molar refractivity (Wildman–Crippen MR) is 84.6 cm³/mol. The van der Waals surface area contributed by atoms with Crippen molar-refractivity contribution >= 4 is 5.91 Å². The highest BCUT2D eigenvalue weighted by molar-refractivity contribution is 5.94. The number of halogens is 1. The van der Waals surface area contributed by atoms with Crippen LogP contribution < -0.4 is 10.1 Å². The predicted octanol–water partition coefficient (Wildman–Crippen LogP) is 4.02. The molecule has 0 fully saturated rings. The van der Waals surface area contributed by atoms with Crippen LogP contribution in [0.1, 0.15) is 41.4 Å². The summed E-state index contributed by atoms with van der Waals surface area (Å²) in [5.74, 6) is 0.241. The van der Waals surface area contributed by atoms with Gasteiger partial charge in [0.25, 0.3) is 5.91 Å². The lowest BCUT2D eigenvalue weighted by Crippen LogP contribution is -2.26. The van der Waals surface area contributed by atoms with Crippen molar-refractivity contribution in [2.75, 3.05) is 6.61 Å². The fourth-order valence-corrected chi connectivity index (χ4v) is 2.19. The Balaban J connectivity index is 2.10. The first-order valence-corrected chi connectivity index (χ1v) is 7.31. The van der Waals surface area contributed by atoms with Gasteiger partial charge in [0.05, 0.1) is 12.6 Å². The second-order valence-electron chi connectivity index (χ2n) is 5.16. The van der Waals surface area contributed by atoms with Crippen LogP contribution in [0, 0.1) is 12.7 Å². The molecular formula is C18H20FNO2. The molecule has 0 aliphatic heterocycles. The van der Waals surface area contributed by atoms with Gasteiger partial charge >= 0.3 is 0 Å². The van der Waals surface area contributed by atoms with Crippen molar-refractivity contribution in [3.05, 3.63) is 65.0 Å². The molecule has 0 saturated carbocycles. The molecular weight excluding hydrogens is 281 g/mol. The maximum Gasteiger partial charge on any atom is 0.251 e. The van der Waals surface area contributed by atoms with Gasteiger partial charge in [0.15, 0.2) is 0 Å². The van der Waals surface area contributed by atoms with Crippen LogP contribution >= 0.6 is 0 Å². The average molecular weight is 301 g/mol. The molecule has 1 unspecified atom stereocenters. The maximum absolute atomic E-state index is 13.3. The van der Waals surface area contributed by atoms with Gasteiger partial charge in [0, 0.05) is 5.56 Å². The number of benzene rings is 2. The van der Waals surface area contributed by atoms with Crippen LogP contribution in [0.2, 0.25) is 0 Å². The molecule has 22 heavy (non-hydrogen) atoms. The van der Waals surface area contributed by atoms with E-state index in [-0.39, 0.29) is 17.8 Å². The third-order valence-corrected chi connectivity index (χ3v) is 3.44. The van der Waals surface area contributed by atoms with Crippen LogP contribution in [-0.2, 0) is 0 Å². The van der Waals surface area contributed by atoms with Crippen molar-refractivity contribution < 1.29 is 13.9 Å². The Kier molecular flexibility index (Phi) is 5.15. The van der Waals surface area contributed by atoms with E-state index in [0.717, 1.165) is 11.3 Å². The third-order valence-electron chi connectivity index (χ3n) is 3.44. The van der Waals surface area contributed by atoms with Crippen LogP contribution in [0.5, 0.6) is 5.75 Å². The van der Waals surface area contributed by atoms with Gasteiger partial charge in [-0.3, -0.25) is 4.79 Å². The van der Waals surface area contributed by atoms with Gasteiger partial charge in [0.1, 0.15) is 11.6 Å². The number of carbonyl (C=O) groups excluding carboxylic acids is 1. The highest BCUT2D eigenvalue weighted by atomic mass is 19.1. The second-order valence-corrected chi connectivity index (χ2v) is 5.16. The number of hydrogen-bond acceptors (Lipinski definition) is 2. The molecule has 1 atom stereocenters. The van der Waals surface area contributed by atoms with Gasteiger partial charge in [-0.15, -0.1) is 0 Å². The van der Waals surface area contributed by atoms with Gasteiger partial charge in [-0.2, -0.15) is 0 Å². The number of hydrogen-bond donors (Lipinski definition) is 1. The summed E-state index contributed by atoms with van der Waals surface area (Å²) in [5.41, 5.74) is 1.86. The van der Waals surface area contributed by atoms with Crippen molar-refractivity contribution in [1.29, 1.82) is 0 Å². The Morgan fingerprint density at radius 1 is 1.27 bits per heavy atom. The summed E-state index contributed by atoms with van der Waals surface area (Å²) in [7, 11) is 0. The zero-order valence-electron chi connectivity index (χ0n) is 13.0. The number of rotatable bonds is 5. The third kappa shape index (κ3) is 3.85. The van der Waals surface area contributed by atoms with E-state index in [4.69, 9.17) is 4.74 Å². The Morgan fingerprint density at radius 3 is 2.73 bits per heavy atom. The fourth-order valence-electron chi connectivity index (χ4n) is 2.19. The summed E-state index contributed by atoms with van der Waals surface area (Å²) in [6.45, 7) is 6.06. The molecule has 116 valence electrons. The van der Waals surface area contributed by atoms with Gasteiger partial charge in [-0.05, 0) is 62.2 Å². The highest BCUT2D eigenvalue weighted by Gasteiger charge is 2.13. The summed E-state index contributed by atoms with van der Waals surface area (Å²) in [4.78, 5) is 12.2. The van der Waals surface area contributed by atoms with Crippen LogP contribution in [0.25, 0.3) is 0 Å². The largest absolute Gasteiger partial charge is 0.494 e. The van der Waals surface area contributed by atoms with Crippen molar-refractivity contribution in [2.45, 2.75) is 26.8 Å². The number of ether oxygens (including phenoxy) is 1. The summed E-state index contributed by atoms with van der Waals surface area (Å²) in [5, 5.41) is 2.91. The quantitative estimate of drug-likeness (QED) is 0.905. The van der Waals surface area contributed by atoms with Crippen molar-refractivity contribution in [3.63, 3.8) is 0 Å². The smallest absolute Gasteiger partial charge is 0.251 e. The summed E-state index contributed by atoms with van der Waals surface area (Å²) in [6.07, 6.45) is 0. The minimum absolute atomic E-state index is 0.168. The molecule has 2 aromatic carbocycles. The molecule has 0 spiro atoms. The summed E-state index contributed by atoms with van der Waals surface area (Å²) < 4.78 is 18.7. The molecule has 2 aromatic rings. The lowest BCUT2D eigenvalue weighted by molar-refractivity contribution is 0.0939. The molecule has 2 rings (SSSR count). The van der Waals surface area contributed by atoms with E-state index in [9.17, 15) is 9.18 Å². The molecule has 0 aliphatic rings. The molecule has 1 amide bonds. The number of amides is 1. The number of nitrogens with one attached hydrogen (secondary N) is 1. The fraction of sp³-hybridized carbons (Fsp3) is 0.278. The van der Waals surface area contributed by atoms with Crippen molar-refractivity contribution in [3.8, 4) is 5.75 Å². The van der Waals surface area contributed by atoms with E-state index in [1.165, 1.54) is 12.1 Å². The van der Waals surface area contributed by atoms with Crippen LogP contribution in [0.15, 0.2) is 42.5 Å². The monoisotopic (exact) mass is 301 g/mol. The van der Waals surface area contributed by atoms with Crippen LogP contribution in [0.3, 0.4) is 0 Å². The zero-order chi connectivity index (χ0) is 16.1. The number of carbonyl (C=O) groups is 1. The Bertz CT molecular complexity index is 670. The SMILES string of the molecule is CCOc1cccc(C(C)NC(=O)c2ccc(F)c(C)c2)c1. The standard InChI is InChI=1S/C18H20FNO2/c1-4-22-16-7-5-6-14(11-16)13(3)20-18(21)15-8-9-17(19)12(2)10-15/h5-11,13H,4H2,1-3H3,(H,20,21). The molecule has 0 heterocycles. The van der Waals surface area contributed by atoms with Gasteiger partial charge in [-0.25, -0.2) is 4.39 Å². The summed E-state index contributed by atoms with van der Waals surface area (Å²) in [6, 6.07) is 11.8. The Hall–Kier alpha value is -2.36. The van der Waals surface area contributed by atoms with Crippen molar-refractivity contribution in [2.24, 2.45) is 0 Å². The summed E-state index contributed by atoms with van der Waals surface area (Å²) >= 11 is 0. The first-order valence-electron chi connectivity index (χ1n) is 7.31. The second kappa shape index (κ2) is 7.07. The van der Waals surface area contributed by atoms with Crippen LogP contribution in [0.4, 0.5) is 4.39 Å². The first kappa shape index (κ1) is 16.0. The molecule has 0 saturated heterocycles. The molecule has 0 aromatic heterocycles. The van der Waals surface area contributed by atoms with Crippen LogP contribution in [-0.4, -0.2) is 12.5 Å². The lowest BCUT2D eigenvalue weighted by Gasteiger charge is -2.16. The first-order chi connectivity index (χ1) is 10.5. The van der Waals surface area contributed by atoms with Gasteiger partial charge in [-0.1, -0.05) is 12.1 Å². The lowest BCUT2D eigenvalue weighted by atomic mass is 10.1. The maximum atomic E-state index is 13.3. The molecule has 0 aliphatic carbocycles. The molecule has 3 nitrogen and oxygen atoms in total. The Labute approximate surface area is 130 Å². The highest BCUT2D eigenvalue weighted by Crippen LogP contribution is 2.20. The van der Waals surface area contributed by atoms with E-state index in [1.807, 2.05) is 38.1 Å². The average Bonchev–Trinajstić information content (AvgIpc) is 2.50. The van der Waals surface area contributed by atoms with E-state index in [2.05, 4.69) is 5.32 Å². The van der Waals surface area contributed by atoms with E-state index in [0.29, 0.717) is 17.7 Å². The van der Waals surface area contributed by atoms with E-state index >= 15 is 0 Å².